The summed E-state index contributed by atoms with van der Waals surface area (Å²) in [6.07, 6.45) is 3.94. The standard InChI is InChI=1S/C29H35N3O3/c1-2-34-29(33)26-14-6-7-15-27(26)35-22-10-19-31-17-9-18-32(21-20-31)23-25-13-8-16-30-28(25)24-11-4-3-5-12-24/h3-8,11-16H,2,9-10,17-23H2,1H3. The monoisotopic (exact) mass is 473 g/mol. The van der Waals surface area contributed by atoms with Gasteiger partial charge in [-0.25, -0.2) is 4.79 Å². The van der Waals surface area contributed by atoms with Crippen molar-refractivity contribution in [2.75, 3.05) is 45.9 Å². The minimum atomic E-state index is -0.334. The van der Waals surface area contributed by atoms with Crippen LogP contribution in [-0.4, -0.2) is 66.7 Å². The number of carbonyl (C=O) groups is 1. The Morgan fingerprint density at radius 1 is 0.914 bits per heavy atom. The minimum Gasteiger partial charge on any atom is -0.493 e. The van der Waals surface area contributed by atoms with Gasteiger partial charge in [0.25, 0.3) is 0 Å². The highest BCUT2D eigenvalue weighted by Crippen LogP contribution is 2.23. The molecule has 1 saturated heterocycles. The fourth-order valence-corrected chi connectivity index (χ4v) is 4.51. The normalized spacial score (nSPS) is 14.9. The zero-order chi connectivity index (χ0) is 24.3. The van der Waals surface area contributed by atoms with Gasteiger partial charge in [0, 0.05) is 37.9 Å². The largest absolute Gasteiger partial charge is 0.493 e. The van der Waals surface area contributed by atoms with E-state index in [-0.39, 0.29) is 5.97 Å². The average molecular weight is 474 g/mol. The van der Waals surface area contributed by atoms with Crippen LogP contribution < -0.4 is 4.74 Å². The van der Waals surface area contributed by atoms with E-state index in [1.54, 1.807) is 6.07 Å². The molecule has 0 spiro atoms. The third kappa shape index (κ3) is 7.13. The highest BCUT2D eigenvalue weighted by molar-refractivity contribution is 5.92. The number of hydrogen-bond acceptors (Lipinski definition) is 6. The van der Waals surface area contributed by atoms with Gasteiger partial charge in [-0.2, -0.15) is 0 Å². The molecule has 0 atom stereocenters. The zero-order valence-corrected chi connectivity index (χ0v) is 20.6. The first kappa shape index (κ1) is 24.9. The molecule has 1 aromatic heterocycles. The molecule has 0 saturated carbocycles. The molecule has 6 heteroatoms. The predicted octanol–water partition coefficient (Wildman–Crippen LogP) is 4.90. The molecule has 1 fully saturated rings. The van der Waals surface area contributed by atoms with Crippen LogP contribution in [0, 0.1) is 0 Å². The maximum atomic E-state index is 12.1. The minimum absolute atomic E-state index is 0.334. The molecule has 0 bridgehead atoms. The van der Waals surface area contributed by atoms with Crippen molar-refractivity contribution in [1.82, 2.24) is 14.8 Å². The number of benzene rings is 2. The van der Waals surface area contributed by atoms with Crippen molar-refractivity contribution in [1.29, 1.82) is 0 Å². The lowest BCUT2D eigenvalue weighted by atomic mass is 10.1. The fraction of sp³-hybridized carbons (Fsp3) is 0.379. The van der Waals surface area contributed by atoms with Crippen LogP contribution in [0.1, 0.15) is 35.7 Å². The van der Waals surface area contributed by atoms with Gasteiger partial charge in [0.1, 0.15) is 11.3 Å². The molecular formula is C29H35N3O3. The van der Waals surface area contributed by atoms with Crippen LogP contribution in [0.3, 0.4) is 0 Å². The van der Waals surface area contributed by atoms with Crippen molar-refractivity contribution in [3.05, 3.63) is 84.1 Å². The van der Waals surface area contributed by atoms with Gasteiger partial charge in [-0.1, -0.05) is 48.5 Å². The van der Waals surface area contributed by atoms with E-state index in [1.807, 2.05) is 43.5 Å². The number of rotatable bonds is 10. The maximum Gasteiger partial charge on any atom is 0.341 e. The smallest absolute Gasteiger partial charge is 0.341 e. The summed E-state index contributed by atoms with van der Waals surface area (Å²) in [4.78, 5) is 21.9. The Hall–Kier alpha value is -3.22. The lowest BCUT2D eigenvalue weighted by Gasteiger charge is -2.22. The van der Waals surface area contributed by atoms with Crippen LogP contribution in [0.4, 0.5) is 0 Å². The molecular weight excluding hydrogens is 438 g/mol. The van der Waals surface area contributed by atoms with Crippen LogP contribution >= 0.6 is 0 Å². The van der Waals surface area contributed by atoms with Crippen molar-refractivity contribution in [2.45, 2.75) is 26.3 Å². The second kappa shape index (κ2) is 13.0. The second-order valence-electron chi connectivity index (χ2n) is 8.77. The fourth-order valence-electron chi connectivity index (χ4n) is 4.51. The van der Waals surface area contributed by atoms with Crippen molar-refractivity contribution in [3.63, 3.8) is 0 Å². The number of pyridine rings is 1. The van der Waals surface area contributed by atoms with Crippen LogP contribution in [-0.2, 0) is 11.3 Å². The maximum absolute atomic E-state index is 12.1. The van der Waals surface area contributed by atoms with E-state index < -0.39 is 0 Å². The number of para-hydroxylation sites is 1. The first-order valence-corrected chi connectivity index (χ1v) is 12.6. The highest BCUT2D eigenvalue weighted by atomic mass is 16.5. The summed E-state index contributed by atoms with van der Waals surface area (Å²) in [7, 11) is 0. The Bertz CT molecular complexity index is 1070. The molecule has 1 aliphatic rings. The molecule has 35 heavy (non-hydrogen) atoms. The van der Waals surface area contributed by atoms with Crippen LogP contribution in [0.25, 0.3) is 11.3 Å². The van der Waals surface area contributed by atoms with Crippen LogP contribution in [0.5, 0.6) is 5.75 Å². The highest BCUT2D eigenvalue weighted by Gasteiger charge is 2.17. The van der Waals surface area contributed by atoms with Crippen molar-refractivity contribution in [3.8, 4) is 17.0 Å². The lowest BCUT2D eigenvalue weighted by molar-refractivity contribution is 0.0521. The number of aromatic nitrogens is 1. The quantitative estimate of drug-likeness (QED) is 0.308. The molecule has 1 aliphatic heterocycles. The first-order chi connectivity index (χ1) is 17.2. The van der Waals surface area contributed by atoms with Gasteiger partial charge in [-0.05, 0) is 56.6 Å². The number of carbonyl (C=O) groups excluding carboxylic acids is 1. The Labute approximate surface area is 208 Å². The van der Waals surface area contributed by atoms with E-state index in [9.17, 15) is 4.79 Å². The van der Waals surface area contributed by atoms with Crippen LogP contribution in [0.15, 0.2) is 72.9 Å². The number of hydrogen-bond donors (Lipinski definition) is 0. The lowest BCUT2D eigenvalue weighted by Crippen LogP contribution is -2.31. The van der Waals surface area contributed by atoms with Gasteiger partial charge >= 0.3 is 5.97 Å². The molecule has 2 heterocycles. The first-order valence-electron chi connectivity index (χ1n) is 12.6. The van der Waals surface area contributed by atoms with E-state index in [2.05, 4.69) is 45.1 Å². The Morgan fingerprint density at radius 3 is 2.54 bits per heavy atom. The molecule has 0 amide bonds. The molecule has 4 rings (SSSR count). The van der Waals surface area contributed by atoms with Gasteiger partial charge in [-0.15, -0.1) is 0 Å². The van der Waals surface area contributed by atoms with Gasteiger partial charge in [0.2, 0.25) is 0 Å². The summed E-state index contributed by atoms with van der Waals surface area (Å²) in [5.41, 5.74) is 4.02. The van der Waals surface area contributed by atoms with Gasteiger partial charge in [0.15, 0.2) is 0 Å². The predicted molar refractivity (Wildman–Crippen MR) is 139 cm³/mol. The molecule has 2 aromatic carbocycles. The summed E-state index contributed by atoms with van der Waals surface area (Å²) >= 11 is 0. The van der Waals surface area contributed by atoms with E-state index in [0.29, 0.717) is 24.5 Å². The SMILES string of the molecule is CCOC(=O)c1ccccc1OCCCN1CCCN(Cc2cccnc2-c2ccccc2)CC1. The third-order valence-electron chi connectivity index (χ3n) is 6.27. The summed E-state index contributed by atoms with van der Waals surface area (Å²) in [5.74, 6) is 0.262. The number of esters is 1. The Kier molecular flexibility index (Phi) is 9.26. The molecule has 0 aliphatic carbocycles. The molecule has 0 radical (unpaired) electrons. The molecule has 0 N–H and O–H groups in total. The summed E-state index contributed by atoms with van der Waals surface area (Å²) in [6.45, 7) is 8.90. The van der Waals surface area contributed by atoms with Gasteiger partial charge in [-0.3, -0.25) is 9.88 Å². The summed E-state index contributed by atoms with van der Waals surface area (Å²) in [6, 6.07) is 22.0. The molecule has 6 nitrogen and oxygen atoms in total. The Balaban J connectivity index is 1.25. The van der Waals surface area contributed by atoms with Crippen LogP contribution in [0.2, 0.25) is 0 Å². The topological polar surface area (TPSA) is 54.9 Å². The zero-order valence-electron chi connectivity index (χ0n) is 20.6. The van der Waals surface area contributed by atoms with E-state index in [1.165, 1.54) is 11.1 Å². The van der Waals surface area contributed by atoms with E-state index in [4.69, 9.17) is 9.47 Å². The molecule has 184 valence electrons. The number of nitrogens with zero attached hydrogens (tertiary/aromatic N) is 3. The van der Waals surface area contributed by atoms with Crippen molar-refractivity contribution in [2.24, 2.45) is 0 Å². The average Bonchev–Trinajstić information content (AvgIpc) is 3.13. The van der Waals surface area contributed by atoms with E-state index >= 15 is 0 Å². The van der Waals surface area contributed by atoms with Crippen molar-refractivity contribution >= 4 is 5.97 Å². The van der Waals surface area contributed by atoms with Crippen molar-refractivity contribution < 1.29 is 14.3 Å². The molecule has 0 unspecified atom stereocenters. The van der Waals surface area contributed by atoms with E-state index in [0.717, 1.165) is 57.8 Å². The Morgan fingerprint density at radius 2 is 1.69 bits per heavy atom. The second-order valence-corrected chi connectivity index (χ2v) is 8.77. The van der Waals surface area contributed by atoms with Gasteiger partial charge in [0.05, 0.1) is 18.9 Å². The van der Waals surface area contributed by atoms with Gasteiger partial charge < -0.3 is 14.4 Å². The molecule has 3 aromatic rings. The summed E-state index contributed by atoms with van der Waals surface area (Å²) < 4.78 is 11.1. The number of ether oxygens (including phenoxy) is 2. The summed E-state index contributed by atoms with van der Waals surface area (Å²) in [5, 5.41) is 0. The third-order valence-corrected chi connectivity index (χ3v) is 6.27.